The van der Waals surface area contributed by atoms with E-state index in [1.807, 2.05) is 0 Å². The highest BCUT2D eigenvalue weighted by atomic mass is 16.4. The van der Waals surface area contributed by atoms with E-state index < -0.39 is 24.0 Å². The second-order valence-corrected chi connectivity index (χ2v) is 3.99. The van der Waals surface area contributed by atoms with Gasteiger partial charge in [0.25, 0.3) is 5.91 Å². The summed E-state index contributed by atoms with van der Waals surface area (Å²) in [5, 5.41) is 11.2. The lowest BCUT2D eigenvalue weighted by atomic mass is 10.1. The van der Waals surface area contributed by atoms with Crippen LogP contribution in [-0.2, 0) is 14.4 Å². The molecule has 0 bridgehead atoms. The van der Waals surface area contributed by atoms with Gasteiger partial charge in [-0.2, -0.15) is 0 Å². The second-order valence-electron chi connectivity index (χ2n) is 3.99. The number of aliphatic carboxylic acids is 1. The first-order valence-electron chi connectivity index (χ1n) is 5.14. The minimum absolute atomic E-state index is 0.190. The largest absolute Gasteiger partial charge is 0.480 e. The lowest BCUT2D eigenvalue weighted by Crippen LogP contribution is -2.53. The first-order chi connectivity index (χ1) is 7.52. The Morgan fingerprint density at radius 1 is 1.38 bits per heavy atom. The molecule has 2 heterocycles. The number of carbonyl (C=O) groups is 3. The molecule has 16 heavy (non-hydrogen) atoms. The number of amides is 2. The van der Waals surface area contributed by atoms with Gasteiger partial charge >= 0.3 is 5.97 Å². The second kappa shape index (κ2) is 3.75. The van der Waals surface area contributed by atoms with Crippen molar-refractivity contribution in [2.75, 3.05) is 6.54 Å². The lowest BCUT2D eigenvalue weighted by Gasteiger charge is -2.29. The van der Waals surface area contributed by atoms with Crippen molar-refractivity contribution in [1.29, 1.82) is 0 Å². The number of carboxylic acids is 1. The van der Waals surface area contributed by atoms with E-state index in [2.05, 4.69) is 0 Å². The summed E-state index contributed by atoms with van der Waals surface area (Å²) in [5.74, 6) is -1.81. The van der Waals surface area contributed by atoms with E-state index in [9.17, 15) is 14.4 Å². The Labute approximate surface area is 91.8 Å². The molecule has 7 heteroatoms. The normalized spacial score (nSPS) is 30.3. The van der Waals surface area contributed by atoms with Gasteiger partial charge in [0.1, 0.15) is 0 Å². The van der Waals surface area contributed by atoms with Gasteiger partial charge in [0, 0.05) is 19.4 Å². The Morgan fingerprint density at radius 2 is 2.06 bits per heavy atom. The van der Waals surface area contributed by atoms with Gasteiger partial charge in [0.05, 0.1) is 6.04 Å². The first-order valence-corrected chi connectivity index (χ1v) is 5.14. The molecule has 0 aromatic heterocycles. The maximum Gasteiger partial charge on any atom is 0.328 e. The van der Waals surface area contributed by atoms with E-state index in [0.29, 0.717) is 0 Å². The van der Waals surface area contributed by atoms with Gasteiger partial charge in [-0.1, -0.05) is 0 Å². The Morgan fingerprint density at radius 3 is 2.69 bits per heavy atom. The topological polar surface area (TPSA) is 104 Å². The summed E-state index contributed by atoms with van der Waals surface area (Å²) < 4.78 is 0. The molecule has 0 aromatic rings. The summed E-state index contributed by atoms with van der Waals surface area (Å²) in [6.07, 6.45) is 0.728. The van der Waals surface area contributed by atoms with Gasteiger partial charge in [0.15, 0.2) is 6.04 Å². The van der Waals surface area contributed by atoms with Crippen LogP contribution in [0, 0.1) is 0 Å². The molecule has 2 rings (SSSR count). The number of nitrogens with two attached hydrogens (primary N) is 1. The summed E-state index contributed by atoms with van der Waals surface area (Å²) in [6.45, 7) is 0.272. The molecule has 1 unspecified atom stereocenters. The van der Waals surface area contributed by atoms with Crippen molar-refractivity contribution in [3.8, 4) is 0 Å². The smallest absolute Gasteiger partial charge is 0.328 e. The van der Waals surface area contributed by atoms with Crippen LogP contribution in [0.3, 0.4) is 0 Å². The molecule has 2 aliphatic rings. The van der Waals surface area contributed by atoms with Crippen LogP contribution in [0.15, 0.2) is 0 Å². The zero-order valence-electron chi connectivity index (χ0n) is 8.63. The fraction of sp³-hybridized carbons (Fsp3) is 0.667. The van der Waals surface area contributed by atoms with Crippen molar-refractivity contribution in [2.45, 2.75) is 31.3 Å². The van der Waals surface area contributed by atoms with E-state index in [0.717, 1.165) is 5.01 Å². The number of rotatable bonds is 1. The number of carbonyl (C=O) groups excluding carboxylic acids is 2. The average molecular weight is 227 g/mol. The van der Waals surface area contributed by atoms with Gasteiger partial charge in [-0.05, 0) is 6.42 Å². The molecule has 2 saturated heterocycles. The minimum Gasteiger partial charge on any atom is -0.480 e. The van der Waals surface area contributed by atoms with E-state index in [1.54, 1.807) is 0 Å². The van der Waals surface area contributed by atoms with E-state index >= 15 is 0 Å². The number of hydrazine groups is 1. The van der Waals surface area contributed by atoms with Crippen molar-refractivity contribution in [3.63, 3.8) is 0 Å². The standard InChI is InChI=1S/C9H13N3O4/c10-5-1-2-7(13)11-4-3-6(9(15)16)12(11)8(5)14/h5-6H,1-4,10H2,(H,15,16)/t5-,6?/m0/s1. The van der Waals surface area contributed by atoms with Crippen LogP contribution in [0.4, 0.5) is 0 Å². The number of carboxylic acid groups (broad SMARTS) is 1. The highest BCUT2D eigenvalue weighted by molar-refractivity contribution is 5.92. The Kier molecular flexibility index (Phi) is 2.55. The Balaban J connectivity index is 2.32. The summed E-state index contributed by atoms with van der Waals surface area (Å²) >= 11 is 0. The van der Waals surface area contributed by atoms with Crippen molar-refractivity contribution in [3.05, 3.63) is 0 Å². The third-order valence-corrected chi connectivity index (χ3v) is 2.95. The summed E-state index contributed by atoms with van der Waals surface area (Å²) in [5.41, 5.74) is 5.60. The third-order valence-electron chi connectivity index (χ3n) is 2.95. The highest BCUT2D eigenvalue weighted by Gasteiger charge is 2.45. The quantitative estimate of drug-likeness (QED) is 0.569. The van der Waals surface area contributed by atoms with Gasteiger partial charge in [0.2, 0.25) is 5.91 Å². The molecular formula is C9H13N3O4. The molecular weight excluding hydrogens is 214 g/mol. The summed E-state index contributed by atoms with van der Waals surface area (Å²) in [6, 6.07) is -1.74. The molecule has 7 nitrogen and oxygen atoms in total. The van der Waals surface area contributed by atoms with Crippen LogP contribution in [0.5, 0.6) is 0 Å². The third kappa shape index (κ3) is 1.53. The van der Waals surface area contributed by atoms with Gasteiger partial charge in [-0.3, -0.25) is 14.6 Å². The zero-order valence-corrected chi connectivity index (χ0v) is 8.63. The molecule has 2 fully saturated rings. The predicted octanol–water partition coefficient (Wildman–Crippen LogP) is -1.46. The van der Waals surface area contributed by atoms with Crippen molar-refractivity contribution in [1.82, 2.24) is 10.0 Å². The van der Waals surface area contributed by atoms with Gasteiger partial charge in [-0.25, -0.2) is 9.80 Å². The lowest BCUT2D eigenvalue weighted by molar-refractivity contribution is -0.165. The molecule has 0 spiro atoms. The predicted molar refractivity (Wildman–Crippen MR) is 51.8 cm³/mol. The first kappa shape index (κ1) is 10.9. The van der Waals surface area contributed by atoms with Crippen LogP contribution in [0.1, 0.15) is 19.3 Å². The summed E-state index contributed by atoms with van der Waals surface area (Å²) in [4.78, 5) is 34.4. The maximum atomic E-state index is 11.8. The molecule has 2 aliphatic heterocycles. The number of hydrogen-bond acceptors (Lipinski definition) is 4. The highest BCUT2D eigenvalue weighted by Crippen LogP contribution is 2.24. The van der Waals surface area contributed by atoms with Crippen LogP contribution in [-0.4, -0.2) is 51.5 Å². The number of fused-ring (bicyclic) bond motifs is 1. The van der Waals surface area contributed by atoms with Crippen LogP contribution < -0.4 is 5.73 Å². The van der Waals surface area contributed by atoms with E-state index in [1.165, 1.54) is 5.01 Å². The van der Waals surface area contributed by atoms with Gasteiger partial charge in [-0.15, -0.1) is 0 Å². The Bertz CT molecular complexity index is 357. The molecule has 2 atom stereocenters. The zero-order chi connectivity index (χ0) is 11.9. The minimum atomic E-state index is -1.10. The SMILES string of the molecule is N[C@H]1CCC(=O)N2CCC(C(=O)O)N2C1=O. The van der Waals surface area contributed by atoms with Crippen molar-refractivity contribution >= 4 is 17.8 Å². The van der Waals surface area contributed by atoms with Gasteiger partial charge < -0.3 is 10.8 Å². The number of nitrogens with zero attached hydrogens (tertiary/aromatic N) is 2. The molecule has 3 N–H and O–H groups in total. The molecule has 88 valence electrons. The van der Waals surface area contributed by atoms with E-state index in [4.69, 9.17) is 10.8 Å². The molecule has 2 amide bonds. The fourth-order valence-corrected chi connectivity index (χ4v) is 2.09. The monoisotopic (exact) mass is 227 g/mol. The van der Waals surface area contributed by atoms with E-state index in [-0.39, 0.29) is 31.7 Å². The maximum absolute atomic E-state index is 11.8. The molecule has 0 saturated carbocycles. The molecule has 0 radical (unpaired) electrons. The molecule has 0 aromatic carbocycles. The fourth-order valence-electron chi connectivity index (χ4n) is 2.09. The van der Waals surface area contributed by atoms with Crippen molar-refractivity contribution < 1.29 is 19.5 Å². The molecule has 0 aliphatic carbocycles. The van der Waals surface area contributed by atoms with Crippen molar-refractivity contribution in [2.24, 2.45) is 5.73 Å². The Hall–Kier alpha value is -1.63. The van der Waals surface area contributed by atoms with Crippen LogP contribution in [0.2, 0.25) is 0 Å². The van der Waals surface area contributed by atoms with Crippen LogP contribution >= 0.6 is 0 Å². The summed E-state index contributed by atoms with van der Waals surface area (Å²) in [7, 11) is 0. The number of hydrogen-bond donors (Lipinski definition) is 2. The average Bonchev–Trinajstić information content (AvgIpc) is 2.64. The van der Waals surface area contributed by atoms with Crippen LogP contribution in [0.25, 0.3) is 0 Å².